The van der Waals surface area contributed by atoms with E-state index in [9.17, 15) is 24.0 Å². The Morgan fingerprint density at radius 3 is 1.39 bits per heavy atom. The van der Waals surface area contributed by atoms with Crippen LogP contribution in [0, 0.1) is 5.92 Å². The molecule has 2 heterocycles. The van der Waals surface area contributed by atoms with Crippen molar-refractivity contribution in [1.82, 2.24) is 0 Å². The minimum atomic E-state index is -1.57. The standard InChI is InChI=1S/C29H28O8.C15H18O5/c1-19(34-25(30)20-13-7-4-8-14-20)23-24(36-26(31)21-15-9-5-10-16-21)29(2,28(33-3)35-23)37-27(32)22-17-11-6-12-18-22;1-9-12(16)15(18-3)20-13(9)10(2)19-14(17)11-7-5-4-6-8-11/h4-19,23-24,28H,1-3H3;4-10,13,15H,1-3H3/t19?,23-,24-,28+,29?;9-,10?,13-,15-/m10/s1. The third-order valence-electron chi connectivity index (χ3n) is 9.59. The van der Waals surface area contributed by atoms with Gasteiger partial charge in [0.2, 0.25) is 12.6 Å². The lowest BCUT2D eigenvalue weighted by atomic mass is 9.94. The molecule has 300 valence electrons. The molecule has 6 rings (SSSR count). The molecule has 0 spiro atoms. The summed E-state index contributed by atoms with van der Waals surface area (Å²) >= 11 is 0. The Bertz CT molecular complexity index is 1960. The van der Waals surface area contributed by atoms with Crippen molar-refractivity contribution in [3.63, 3.8) is 0 Å². The first-order valence-corrected chi connectivity index (χ1v) is 18.3. The first kappa shape index (κ1) is 42.4. The smallest absolute Gasteiger partial charge is 0.338 e. The van der Waals surface area contributed by atoms with E-state index in [4.69, 9.17) is 37.9 Å². The van der Waals surface area contributed by atoms with E-state index >= 15 is 0 Å². The summed E-state index contributed by atoms with van der Waals surface area (Å²) in [6.07, 6.45) is -6.06. The van der Waals surface area contributed by atoms with Gasteiger partial charge in [0, 0.05) is 14.2 Å². The molecule has 0 amide bonds. The number of benzene rings is 4. The van der Waals surface area contributed by atoms with E-state index in [0.29, 0.717) is 22.3 Å². The fourth-order valence-electron chi connectivity index (χ4n) is 6.49. The topological polar surface area (TPSA) is 159 Å². The van der Waals surface area contributed by atoms with E-state index in [1.165, 1.54) is 14.2 Å². The van der Waals surface area contributed by atoms with E-state index in [-0.39, 0.29) is 11.7 Å². The number of esters is 4. The number of hydrogen-bond acceptors (Lipinski definition) is 13. The highest BCUT2D eigenvalue weighted by molar-refractivity contribution is 5.91. The quantitative estimate of drug-likeness (QED) is 0.117. The summed E-state index contributed by atoms with van der Waals surface area (Å²) in [5.41, 5.74) is -0.137. The zero-order chi connectivity index (χ0) is 41.1. The SMILES string of the molecule is CO[C@H]1O[C@H](C(C)OC(=O)c2ccccc2)[C@@H](C)C1=O.CO[C@H]1O[C@H](C(C)OC(=O)c2ccccc2)[C@@H](OC(=O)c2ccccc2)C1(C)OC(=O)c1ccccc1. The predicted molar refractivity (Wildman–Crippen MR) is 204 cm³/mol. The Morgan fingerprint density at radius 2 is 0.982 bits per heavy atom. The largest absolute Gasteiger partial charge is 0.456 e. The predicted octanol–water partition coefficient (Wildman–Crippen LogP) is 6.25. The van der Waals surface area contributed by atoms with Crippen LogP contribution in [0.25, 0.3) is 0 Å². The van der Waals surface area contributed by atoms with Gasteiger partial charge >= 0.3 is 23.9 Å². The molecule has 2 saturated heterocycles. The molecule has 2 aliphatic heterocycles. The van der Waals surface area contributed by atoms with Crippen LogP contribution in [0.5, 0.6) is 0 Å². The first-order valence-electron chi connectivity index (χ1n) is 18.3. The number of rotatable bonds is 12. The summed E-state index contributed by atoms with van der Waals surface area (Å²) in [5.74, 6) is -2.79. The average Bonchev–Trinajstić information content (AvgIpc) is 3.69. The number of ether oxygens (including phenoxy) is 8. The van der Waals surface area contributed by atoms with Crippen molar-refractivity contribution in [2.45, 2.75) is 76.4 Å². The molecule has 3 unspecified atom stereocenters. The van der Waals surface area contributed by atoms with Crippen LogP contribution in [0.1, 0.15) is 69.1 Å². The Labute approximate surface area is 331 Å². The van der Waals surface area contributed by atoms with E-state index in [2.05, 4.69) is 0 Å². The molecule has 2 fully saturated rings. The molecule has 0 aromatic heterocycles. The lowest BCUT2D eigenvalue weighted by molar-refractivity contribution is -0.191. The average molecular weight is 783 g/mol. The summed E-state index contributed by atoms with van der Waals surface area (Å²) in [6, 6.07) is 34.0. The Hall–Kier alpha value is -5.73. The number of carbonyl (C=O) groups is 5. The summed E-state index contributed by atoms with van der Waals surface area (Å²) in [6.45, 7) is 6.65. The molecule has 0 radical (unpaired) electrons. The van der Waals surface area contributed by atoms with E-state index in [0.717, 1.165) is 0 Å². The van der Waals surface area contributed by atoms with Crippen molar-refractivity contribution in [2.75, 3.05) is 14.2 Å². The second-order valence-electron chi connectivity index (χ2n) is 13.6. The normalized spacial score (nSPS) is 24.9. The maximum Gasteiger partial charge on any atom is 0.338 e. The van der Waals surface area contributed by atoms with Crippen LogP contribution in [0.3, 0.4) is 0 Å². The number of carbonyl (C=O) groups excluding carboxylic acids is 5. The minimum Gasteiger partial charge on any atom is -0.456 e. The van der Waals surface area contributed by atoms with Gasteiger partial charge in [0.05, 0.1) is 28.2 Å². The molecule has 0 aliphatic carbocycles. The number of ketones is 1. The van der Waals surface area contributed by atoms with Gasteiger partial charge in [-0.2, -0.15) is 0 Å². The molecular formula is C44H46O13. The van der Waals surface area contributed by atoms with Crippen LogP contribution in [-0.4, -0.2) is 92.6 Å². The third kappa shape index (κ3) is 10.2. The zero-order valence-electron chi connectivity index (χ0n) is 32.5. The highest BCUT2D eigenvalue weighted by atomic mass is 16.7. The van der Waals surface area contributed by atoms with Gasteiger partial charge in [-0.05, 0) is 69.3 Å². The molecule has 13 heteroatoms. The lowest BCUT2D eigenvalue weighted by Gasteiger charge is -2.34. The van der Waals surface area contributed by atoms with Crippen molar-refractivity contribution >= 4 is 29.7 Å². The third-order valence-corrected chi connectivity index (χ3v) is 9.59. The van der Waals surface area contributed by atoms with Gasteiger partial charge in [-0.15, -0.1) is 0 Å². The van der Waals surface area contributed by atoms with Gasteiger partial charge in [0.1, 0.15) is 24.4 Å². The number of hydrogen-bond donors (Lipinski definition) is 0. The molecule has 4 aromatic carbocycles. The van der Waals surface area contributed by atoms with Crippen molar-refractivity contribution in [2.24, 2.45) is 5.92 Å². The van der Waals surface area contributed by atoms with Crippen molar-refractivity contribution in [3.05, 3.63) is 144 Å². The fourth-order valence-corrected chi connectivity index (χ4v) is 6.49. The molecule has 13 nitrogen and oxygen atoms in total. The highest BCUT2D eigenvalue weighted by Gasteiger charge is 2.61. The molecule has 0 N–H and O–H groups in total. The number of methoxy groups -OCH3 is 2. The second kappa shape index (κ2) is 19.4. The van der Waals surface area contributed by atoms with Gasteiger partial charge in [-0.1, -0.05) is 79.7 Å². The van der Waals surface area contributed by atoms with Crippen LogP contribution in [0.15, 0.2) is 121 Å². The molecule has 4 aromatic rings. The Kier molecular flexibility index (Phi) is 14.5. The minimum absolute atomic E-state index is 0.125. The molecule has 2 aliphatic rings. The molecular weight excluding hydrogens is 736 g/mol. The van der Waals surface area contributed by atoms with E-state index in [1.54, 1.807) is 143 Å². The lowest BCUT2D eigenvalue weighted by Crippen LogP contribution is -2.53. The van der Waals surface area contributed by atoms with Crippen LogP contribution in [0.4, 0.5) is 0 Å². The molecule has 57 heavy (non-hydrogen) atoms. The zero-order valence-corrected chi connectivity index (χ0v) is 32.5. The van der Waals surface area contributed by atoms with E-state index < -0.39 is 72.6 Å². The Balaban J connectivity index is 0.000000261. The summed E-state index contributed by atoms with van der Waals surface area (Å²) in [4.78, 5) is 62.6. The van der Waals surface area contributed by atoms with Gasteiger partial charge in [0.15, 0.2) is 17.5 Å². The summed E-state index contributed by atoms with van der Waals surface area (Å²) in [5, 5.41) is 0. The van der Waals surface area contributed by atoms with Gasteiger partial charge in [-0.3, -0.25) is 4.79 Å². The highest BCUT2D eigenvalue weighted by Crippen LogP contribution is 2.40. The van der Waals surface area contributed by atoms with Gasteiger partial charge in [-0.25, -0.2) is 19.2 Å². The first-order chi connectivity index (χ1) is 27.4. The summed E-state index contributed by atoms with van der Waals surface area (Å²) < 4.78 is 44.8. The molecule has 0 saturated carbocycles. The van der Waals surface area contributed by atoms with Crippen molar-refractivity contribution < 1.29 is 61.9 Å². The van der Waals surface area contributed by atoms with Crippen molar-refractivity contribution in [1.29, 1.82) is 0 Å². The molecule has 0 bridgehead atoms. The second-order valence-corrected chi connectivity index (χ2v) is 13.6. The maximum absolute atomic E-state index is 13.1. The van der Waals surface area contributed by atoms with Crippen LogP contribution in [0.2, 0.25) is 0 Å². The number of Topliss-reactive ketones (excluding diaryl/α,β-unsaturated/α-hetero) is 1. The van der Waals surface area contributed by atoms with Crippen LogP contribution < -0.4 is 0 Å². The molecule has 9 atom stereocenters. The fraction of sp³-hybridized carbons (Fsp3) is 0.341. The Morgan fingerprint density at radius 1 is 0.579 bits per heavy atom. The maximum atomic E-state index is 13.1. The van der Waals surface area contributed by atoms with Crippen LogP contribution >= 0.6 is 0 Å². The van der Waals surface area contributed by atoms with Crippen LogP contribution in [-0.2, 0) is 42.7 Å². The van der Waals surface area contributed by atoms with E-state index in [1.807, 2.05) is 6.07 Å². The van der Waals surface area contributed by atoms with Crippen molar-refractivity contribution in [3.8, 4) is 0 Å². The van der Waals surface area contributed by atoms with Gasteiger partial charge in [0.25, 0.3) is 0 Å². The monoisotopic (exact) mass is 782 g/mol. The van der Waals surface area contributed by atoms with Gasteiger partial charge < -0.3 is 37.9 Å². The summed E-state index contributed by atoms with van der Waals surface area (Å²) in [7, 11) is 2.80.